The van der Waals surface area contributed by atoms with Crippen molar-refractivity contribution >= 4 is 15.4 Å². The molecule has 1 heterocycles. The summed E-state index contributed by atoms with van der Waals surface area (Å²) in [7, 11) is 3.28. The van der Waals surface area contributed by atoms with E-state index in [1.165, 1.54) is 7.11 Å². The number of methoxy groups -OCH3 is 1. The highest BCUT2D eigenvalue weighted by atomic mass is 31.2. The summed E-state index contributed by atoms with van der Waals surface area (Å²) < 4.78 is 25.9. The molecular formula is C7H13BO5P-. The van der Waals surface area contributed by atoms with Crippen molar-refractivity contribution in [1.29, 1.82) is 0 Å². The quantitative estimate of drug-likeness (QED) is 0.470. The second-order valence-electron chi connectivity index (χ2n) is 3.32. The first-order valence-electron chi connectivity index (χ1n) is 4.29. The third kappa shape index (κ3) is 3.71. The maximum absolute atomic E-state index is 10.9. The fourth-order valence-corrected chi connectivity index (χ4v) is 2.13. The molecule has 0 N–H and O–H groups in total. The number of rotatable bonds is 4. The lowest BCUT2D eigenvalue weighted by atomic mass is 9.96. The summed E-state index contributed by atoms with van der Waals surface area (Å²) in [6.07, 6.45) is -0.566. The van der Waals surface area contributed by atoms with Crippen molar-refractivity contribution in [2.24, 2.45) is 0 Å². The average molecular weight is 219 g/mol. The Hall–Kier alpha value is 0.135. The van der Waals surface area contributed by atoms with Gasteiger partial charge in [-0.15, -0.1) is 0 Å². The van der Waals surface area contributed by atoms with E-state index in [0.717, 1.165) is 6.66 Å². The minimum atomic E-state index is -3.74. The van der Waals surface area contributed by atoms with Gasteiger partial charge in [-0.2, -0.15) is 0 Å². The Labute approximate surface area is 84.7 Å². The third-order valence-corrected chi connectivity index (χ3v) is 2.54. The predicted octanol–water partition coefficient (Wildman–Crippen LogP) is -0.515. The molecule has 2 radical (unpaired) electrons. The Morgan fingerprint density at radius 2 is 2.36 bits per heavy atom. The Kier molecular flexibility index (Phi) is 4.16. The van der Waals surface area contributed by atoms with Crippen LogP contribution in [0.2, 0.25) is 0 Å². The lowest BCUT2D eigenvalue weighted by Crippen LogP contribution is -2.29. The standard InChI is InChI=1S/C7H14BO5P/c1-11-4-6-5(3-7(8)12-6)13-14(2,9)10/h5-7H,3-4H2,1-2H3,(H,9,10)/p-1/t5?,6-,7-/m1/s1. The third-order valence-electron chi connectivity index (χ3n) is 1.89. The number of ether oxygens (including phenoxy) is 2. The van der Waals surface area contributed by atoms with Gasteiger partial charge in [0.05, 0.1) is 12.7 Å². The van der Waals surface area contributed by atoms with Crippen LogP contribution in [-0.2, 0) is 18.6 Å². The van der Waals surface area contributed by atoms with E-state index < -0.39 is 25.8 Å². The molecule has 0 aliphatic carbocycles. The van der Waals surface area contributed by atoms with Gasteiger partial charge >= 0.3 is 0 Å². The first-order chi connectivity index (χ1) is 6.42. The van der Waals surface area contributed by atoms with Gasteiger partial charge in [-0.3, -0.25) is 0 Å². The molecule has 4 atom stereocenters. The minimum absolute atomic E-state index is 0.276. The van der Waals surface area contributed by atoms with Crippen molar-refractivity contribution < 1.29 is 23.5 Å². The Morgan fingerprint density at radius 3 is 2.86 bits per heavy atom. The zero-order chi connectivity index (χ0) is 10.8. The number of hydrogen-bond acceptors (Lipinski definition) is 5. The molecule has 0 bridgehead atoms. The molecule has 1 fully saturated rings. The Bertz CT molecular complexity index is 230. The van der Waals surface area contributed by atoms with Gasteiger partial charge in [0.2, 0.25) is 0 Å². The highest BCUT2D eigenvalue weighted by molar-refractivity contribution is 7.50. The van der Waals surface area contributed by atoms with Gasteiger partial charge < -0.3 is 23.5 Å². The van der Waals surface area contributed by atoms with Gasteiger partial charge in [-0.25, -0.2) is 0 Å². The molecule has 7 heteroatoms. The largest absolute Gasteiger partial charge is 0.779 e. The molecule has 0 saturated carbocycles. The van der Waals surface area contributed by atoms with Gasteiger partial charge in [0, 0.05) is 19.8 Å². The van der Waals surface area contributed by atoms with Crippen LogP contribution in [-0.4, -0.2) is 46.4 Å². The number of hydrogen-bond donors (Lipinski definition) is 0. The van der Waals surface area contributed by atoms with Gasteiger partial charge in [-0.1, -0.05) is 0 Å². The fourth-order valence-electron chi connectivity index (χ4n) is 1.42. The second-order valence-corrected chi connectivity index (χ2v) is 5.07. The van der Waals surface area contributed by atoms with Gasteiger partial charge in [0.1, 0.15) is 21.5 Å². The SMILES string of the molecule is [B][C@H]1CC(OP(C)(=O)[O-])[C@@H](COC)O1. The van der Waals surface area contributed by atoms with Crippen molar-refractivity contribution in [3.8, 4) is 0 Å². The zero-order valence-electron chi connectivity index (χ0n) is 8.21. The van der Waals surface area contributed by atoms with Crippen molar-refractivity contribution in [2.75, 3.05) is 20.4 Å². The summed E-state index contributed by atoms with van der Waals surface area (Å²) in [6.45, 7) is 1.30. The van der Waals surface area contributed by atoms with Crippen LogP contribution in [0, 0.1) is 0 Å². The minimum Gasteiger partial charge on any atom is -0.779 e. The summed E-state index contributed by atoms with van der Waals surface area (Å²) in [5.41, 5.74) is 0. The summed E-state index contributed by atoms with van der Waals surface area (Å²) in [5, 5.41) is 0. The van der Waals surface area contributed by atoms with Gasteiger partial charge in [0.25, 0.3) is 0 Å². The second kappa shape index (κ2) is 4.77. The highest BCUT2D eigenvalue weighted by Crippen LogP contribution is 2.38. The van der Waals surface area contributed by atoms with Crippen molar-refractivity contribution in [2.45, 2.75) is 24.6 Å². The maximum atomic E-state index is 10.9. The molecule has 14 heavy (non-hydrogen) atoms. The van der Waals surface area contributed by atoms with E-state index in [1.54, 1.807) is 0 Å². The predicted molar refractivity (Wildman–Crippen MR) is 49.3 cm³/mol. The van der Waals surface area contributed by atoms with Crippen LogP contribution in [0.4, 0.5) is 0 Å². The molecule has 1 aliphatic rings. The van der Waals surface area contributed by atoms with E-state index in [4.69, 9.17) is 21.8 Å². The van der Waals surface area contributed by atoms with Crippen molar-refractivity contribution in [3.05, 3.63) is 0 Å². The van der Waals surface area contributed by atoms with Crippen LogP contribution in [0.3, 0.4) is 0 Å². The summed E-state index contributed by atoms with van der Waals surface area (Å²) >= 11 is 0. The molecule has 0 aromatic heterocycles. The molecule has 0 amide bonds. The smallest absolute Gasteiger partial charge is 0.132 e. The monoisotopic (exact) mass is 219 g/mol. The van der Waals surface area contributed by atoms with Crippen molar-refractivity contribution in [1.82, 2.24) is 0 Å². The molecule has 80 valence electrons. The molecule has 1 saturated heterocycles. The van der Waals surface area contributed by atoms with E-state index in [0.29, 0.717) is 6.42 Å². The molecule has 0 aromatic rings. The van der Waals surface area contributed by atoms with Crippen LogP contribution < -0.4 is 4.89 Å². The first kappa shape index (κ1) is 12.2. The van der Waals surface area contributed by atoms with E-state index >= 15 is 0 Å². The molecule has 0 spiro atoms. The van der Waals surface area contributed by atoms with Gasteiger partial charge in [0.15, 0.2) is 0 Å². The first-order valence-corrected chi connectivity index (χ1v) is 6.28. The normalized spacial score (nSPS) is 36.9. The molecular weight excluding hydrogens is 206 g/mol. The molecule has 2 unspecified atom stereocenters. The van der Waals surface area contributed by atoms with E-state index in [2.05, 4.69) is 0 Å². The fraction of sp³-hybridized carbons (Fsp3) is 1.00. The van der Waals surface area contributed by atoms with E-state index in [1.807, 2.05) is 0 Å². The topological polar surface area (TPSA) is 67.8 Å². The zero-order valence-corrected chi connectivity index (χ0v) is 9.11. The molecule has 5 nitrogen and oxygen atoms in total. The van der Waals surface area contributed by atoms with Crippen LogP contribution >= 0.6 is 7.60 Å². The van der Waals surface area contributed by atoms with Crippen LogP contribution in [0.15, 0.2) is 0 Å². The molecule has 1 rings (SSSR count). The Morgan fingerprint density at radius 1 is 1.71 bits per heavy atom. The summed E-state index contributed by atoms with van der Waals surface area (Å²) in [5.74, 6) is 0. The lowest BCUT2D eigenvalue weighted by molar-refractivity contribution is -0.202. The molecule has 0 aromatic carbocycles. The van der Waals surface area contributed by atoms with Gasteiger partial charge in [-0.05, 0) is 6.42 Å². The maximum Gasteiger partial charge on any atom is 0.132 e. The van der Waals surface area contributed by atoms with Crippen LogP contribution in [0.25, 0.3) is 0 Å². The summed E-state index contributed by atoms with van der Waals surface area (Å²) in [4.78, 5) is 10.9. The van der Waals surface area contributed by atoms with Crippen molar-refractivity contribution in [3.63, 3.8) is 0 Å². The lowest BCUT2D eigenvalue weighted by Gasteiger charge is -2.25. The highest BCUT2D eigenvalue weighted by Gasteiger charge is 2.34. The van der Waals surface area contributed by atoms with Crippen LogP contribution in [0.1, 0.15) is 6.42 Å². The van der Waals surface area contributed by atoms with E-state index in [-0.39, 0.29) is 6.61 Å². The average Bonchev–Trinajstić information content (AvgIpc) is 2.28. The van der Waals surface area contributed by atoms with Crippen LogP contribution in [0.5, 0.6) is 0 Å². The molecule has 1 aliphatic heterocycles. The Balaban J connectivity index is 2.53. The summed E-state index contributed by atoms with van der Waals surface area (Å²) in [6, 6.07) is -0.480. The van der Waals surface area contributed by atoms with E-state index in [9.17, 15) is 9.46 Å².